The molecule has 0 radical (unpaired) electrons. The lowest BCUT2D eigenvalue weighted by atomic mass is 10.2. The van der Waals surface area contributed by atoms with Crippen molar-refractivity contribution < 1.29 is 4.74 Å². The van der Waals surface area contributed by atoms with Crippen LogP contribution in [0, 0.1) is 6.92 Å². The fourth-order valence-electron chi connectivity index (χ4n) is 2.36. The van der Waals surface area contributed by atoms with E-state index < -0.39 is 0 Å². The van der Waals surface area contributed by atoms with Gasteiger partial charge in [0, 0.05) is 51.0 Å². The maximum Gasteiger partial charge on any atom is 0.0638 e. The van der Waals surface area contributed by atoms with E-state index in [1.54, 1.807) is 0 Å². The van der Waals surface area contributed by atoms with E-state index in [0.717, 1.165) is 64.6 Å². The predicted molar refractivity (Wildman–Crippen MR) is 76.2 cm³/mol. The first-order valence-electron chi connectivity index (χ1n) is 7.33. The van der Waals surface area contributed by atoms with E-state index in [0.29, 0.717) is 0 Å². The van der Waals surface area contributed by atoms with Crippen LogP contribution in [-0.4, -0.2) is 54.1 Å². The molecule has 1 aromatic heterocycles. The van der Waals surface area contributed by atoms with Gasteiger partial charge in [-0.3, -0.25) is 9.58 Å². The number of hydrogen-bond donors (Lipinski definition) is 1. The summed E-state index contributed by atoms with van der Waals surface area (Å²) in [7, 11) is 0. The SMILES string of the molecule is CCCn1cc(CNCCN2CCOCC2)c(C)n1. The molecule has 0 unspecified atom stereocenters. The first kappa shape index (κ1) is 14.5. The molecule has 5 heteroatoms. The zero-order valence-corrected chi connectivity index (χ0v) is 12.2. The Morgan fingerprint density at radius 2 is 2.11 bits per heavy atom. The molecule has 2 heterocycles. The van der Waals surface area contributed by atoms with Gasteiger partial charge in [-0.25, -0.2) is 0 Å². The Morgan fingerprint density at radius 3 is 2.84 bits per heavy atom. The van der Waals surface area contributed by atoms with E-state index in [-0.39, 0.29) is 0 Å². The number of morpholine rings is 1. The van der Waals surface area contributed by atoms with Crippen molar-refractivity contribution in [3.8, 4) is 0 Å². The molecular weight excluding hydrogens is 240 g/mol. The number of nitrogens with zero attached hydrogens (tertiary/aromatic N) is 3. The topological polar surface area (TPSA) is 42.3 Å². The molecule has 1 saturated heterocycles. The molecule has 108 valence electrons. The summed E-state index contributed by atoms with van der Waals surface area (Å²) in [6.45, 7) is 12.2. The van der Waals surface area contributed by atoms with Gasteiger partial charge in [0.15, 0.2) is 0 Å². The van der Waals surface area contributed by atoms with Gasteiger partial charge in [0.2, 0.25) is 0 Å². The summed E-state index contributed by atoms with van der Waals surface area (Å²) in [5.41, 5.74) is 2.46. The van der Waals surface area contributed by atoms with Crippen LogP contribution in [0.15, 0.2) is 6.20 Å². The van der Waals surface area contributed by atoms with Gasteiger partial charge in [-0.15, -0.1) is 0 Å². The average molecular weight is 266 g/mol. The largest absolute Gasteiger partial charge is 0.379 e. The molecule has 0 aromatic carbocycles. The van der Waals surface area contributed by atoms with Crippen LogP contribution in [0.4, 0.5) is 0 Å². The predicted octanol–water partition coefficient (Wildman–Crippen LogP) is 1.02. The van der Waals surface area contributed by atoms with Gasteiger partial charge in [-0.2, -0.15) is 5.10 Å². The van der Waals surface area contributed by atoms with Crippen molar-refractivity contribution in [2.75, 3.05) is 39.4 Å². The zero-order chi connectivity index (χ0) is 13.5. The van der Waals surface area contributed by atoms with Gasteiger partial charge in [0.25, 0.3) is 0 Å². The summed E-state index contributed by atoms with van der Waals surface area (Å²) < 4.78 is 7.39. The molecule has 1 aromatic rings. The van der Waals surface area contributed by atoms with E-state index >= 15 is 0 Å². The number of nitrogens with one attached hydrogen (secondary N) is 1. The van der Waals surface area contributed by atoms with Crippen LogP contribution in [0.3, 0.4) is 0 Å². The maximum absolute atomic E-state index is 5.34. The van der Waals surface area contributed by atoms with Crippen molar-refractivity contribution in [1.82, 2.24) is 20.0 Å². The minimum atomic E-state index is 0.878. The van der Waals surface area contributed by atoms with E-state index in [1.807, 2.05) is 4.68 Å². The first-order valence-corrected chi connectivity index (χ1v) is 7.33. The highest BCUT2D eigenvalue weighted by molar-refractivity contribution is 5.14. The third-order valence-electron chi connectivity index (χ3n) is 3.52. The van der Waals surface area contributed by atoms with Crippen LogP contribution in [0.1, 0.15) is 24.6 Å². The van der Waals surface area contributed by atoms with E-state index in [4.69, 9.17) is 4.74 Å². The lowest BCUT2D eigenvalue weighted by Gasteiger charge is -2.26. The van der Waals surface area contributed by atoms with Crippen LogP contribution in [-0.2, 0) is 17.8 Å². The molecule has 1 aliphatic heterocycles. The Kier molecular flexibility index (Phi) is 5.82. The van der Waals surface area contributed by atoms with Gasteiger partial charge in [0.05, 0.1) is 18.9 Å². The quantitative estimate of drug-likeness (QED) is 0.748. The van der Waals surface area contributed by atoms with Crippen LogP contribution >= 0.6 is 0 Å². The molecule has 0 bridgehead atoms. The van der Waals surface area contributed by atoms with Crippen molar-refractivity contribution >= 4 is 0 Å². The molecule has 1 N–H and O–H groups in total. The monoisotopic (exact) mass is 266 g/mol. The second kappa shape index (κ2) is 7.62. The highest BCUT2D eigenvalue weighted by atomic mass is 16.5. The van der Waals surface area contributed by atoms with E-state index in [1.165, 1.54) is 5.56 Å². The van der Waals surface area contributed by atoms with Gasteiger partial charge in [0.1, 0.15) is 0 Å². The highest BCUT2D eigenvalue weighted by Gasteiger charge is 2.09. The molecule has 0 spiro atoms. The minimum Gasteiger partial charge on any atom is -0.379 e. The fourth-order valence-corrected chi connectivity index (χ4v) is 2.36. The van der Waals surface area contributed by atoms with Crippen molar-refractivity contribution in [3.05, 3.63) is 17.5 Å². The second-order valence-corrected chi connectivity index (χ2v) is 5.13. The third-order valence-corrected chi connectivity index (χ3v) is 3.52. The Labute approximate surface area is 115 Å². The Balaban J connectivity index is 1.67. The lowest BCUT2D eigenvalue weighted by Crippen LogP contribution is -2.40. The summed E-state index contributed by atoms with van der Waals surface area (Å²) in [5, 5.41) is 8.03. The Hall–Kier alpha value is -0.910. The standard InChI is InChI=1S/C14H26N4O/c1-3-5-18-12-14(13(2)16-18)11-15-4-6-17-7-9-19-10-8-17/h12,15H,3-11H2,1-2H3. The second-order valence-electron chi connectivity index (χ2n) is 5.13. The molecular formula is C14H26N4O. The zero-order valence-electron chi connectivity index (χ0n) is 12.2. The van der Waals surface area contributed by atoms with Crippen molar-refractivity contribution in [1.29, 1.82) is 0 Å². The van der Waals surface area contributed by atoms with Crippen molar-refractivity contribution in [2.24, 2.45) is 0 Å². The number of aromatic nitrogens is 2. The van der Waals surface area contributed by atoms with Crippen molar-refractivity contribution in [2.45, 2.75) is 33.4 Å². The van der Waals surface area contributed by atoms with Crippen LogP contribution < -0.4 is 5.32 Å². The number of ether oxygens (including phenoxy) is 1. The summed E-state index contributed by atoms with van der Waals surface area (Å²) >= 11 is 0. The van der Waals surface area contributed by atoms with Gasteiger partial charge < -0.3 is 10.1 Å². The summed E-state index contributed by atoms with van der Waals surface area (Å²) in [6.07, 6.45) is 3.30. The number of aryl methyl sites for hydroxylation is 2. The Bertz CT molecular complexity index is 372. The fraction of sp³-hybridized carbons (Fsp3) is 0.786. The molecule has 0 saturated carbocycles. The number of rotatable bonds is 7. The molecule has 0 amide bonds. The Morgan fingerprint density at radius 1 is 1.32 bits per heavy atom. The normalized spacial score (nSPS) is 16.9. The van der Waals surface area contributed by atoms with Crippen LogP contribution in [0.25, 0.3) is 0 Å². The van der Waals surface area contributed by atoms with E-state index in [9.17, 15) is 0 Å². The molecule has 5 nitrogen and oxygen atoms in total. The average Bonchev–Trinajstić information content (AvgIpc) is 2.77. The highest BCUT2D eigenvalue weighted by Crippen LogP contribution is 2.05. The summed E-state index contributed by atoms with van der Waals surface area (Å²) in [6, 6.07) is 0. The van der Waals surface area contributed by atoms with Crippen LogP contribution in [0.5, 0.6) is 0 Å². The maximum atomic E-state index is 5.34. The van der Waals surface area contributed by atoms with E-state index in [2.05, 4.69) is 35.4 Å². The molecule has 1 aliphatic rings. The third kappa shape index (κ3) is 4.60. The molecule has 19 heavy (non-hydrogen) atoms. The first-order chi connectivity index (χ1) is 9.29. The van der Waals surface area contributed by atoms with Gasteiger partial charge >= 0.3 is 0 Å². The van der Waals surface area contributed by atoms with Gasteiger partial charge in [-0.05, 0) is 13.3 Å². The smallest absolute Gasteiger partial charge is 0.0638 e. The molecule has 1 fully saturated rings. The summed E-state index contributed by atoms with van der Waals surface area (Å²) in [5.74, 6) is 0. The van der Waals surface area contributed by atoms with Gasteiger partial charge in [-0.1, -0.05) is 6.92 Å². The van der Waals surface area contributed by atoms with Crippen molar-refractivity contribution in [3.63, 3.8) is 0 Å². The summed E-state index contributed by atoms with van der Waals surface area (Å²) in [4.78, 5) is 2.45. The molecule has 0 atom stereocenters. The minimum absolute atomic E-state index is 0.878. The number of hydrogen-bond acceptors (Lipinski definition) is 4. The van der Waals surface area contributed by atoms with Crippen LogP contribution in [0.2, 0.25) is 0 Å². The molecule has 0 aliphatic carbocycles. The molecule has 2 rings (SSSR count). The lowest BCUT2D eigenvalue weighted by molar-refractivity contribution is 0.0384.